The number of carboxylic acid groups (broad SMARTS) is 1. The van der Waals surface area contributed by atoms with Crippen LogP contribution in [0.15, 0.2) is 21.6 Å². The Labute approximate surface area is 121 Å². The van der Waals surface area contributed by atoms with E-state index < -0.39 is 22.0 Å². The third-order valence-corrected chi connectivity index (χ3v) is 5.35. The summed E-state index contributed by atoms with van der Waals surface area (Å²) in [6.07, 6.45) is 2.37. The molecule has 0 bridgehead atoms. The van der Waals surface area contributed by atoms with E-state index in [1.54, 1.807) is 0 Å². The van der Waals surface area contributed by atoms with E-state index in [9.17, 15) is 18.3 Å². The van der Waals surface area contributed by atoms with E-state index in [2.05, 4.69) is 0 Å². The Morgan fingerprint density at radius 3 is 2.70 bits per heavy atom. The third kappa shape index (κ3) is 2.83. The molecule has 1 aliphatic rings. The van der Waals surface area contributed by atoms with Crippen LogP contribution in [-0.2, 0) is 19.6 Å². The summed E-state index contributed by atoms with van der Waals surface area (Å²) in [7, 11) is -2.73. The van der Waals surface area contributed by atoms with Crippen molar-refractivity contribution in [1.82, 2.24) is 4.31 Å². The molecule has 1 saturated carbocycles. The molecule has 1 N–H and O–H groups in total. The average molecular weight is 324 g/mol. The van der Waals surface area contributed by atoms with E-state index in [1.807, 2.05) is 0 Å². The summed E-state index contributed by atoms with van der Waals surface area (Å²) in [4.78, 5) is 11.1. The lowest BCUT2D eigenvalue weighted by molar-refractivity contribution is -0.143. The molecular weight excluding hydrogens is 310 g/mol. The van der Waals surface area contributed by atoms with Gasteiger partial charge in [-0.1, -0.05) is 0 Å². The molecular formula is C11H14ClNO6S. The van der Waals surface area contributed by atoms with Crippen molar-refractivity contribution in [2.75, 3.05) is 13.7 Å². The monoisotopic (exact) mass is 323 g/mol. The number of ether oxygens (including phenoxy) is 1. The number of carboxylic acids is 1. The second-order valence-electron chi connectivity index (χ2n) is 4.43. The van der Waals surface area contributed by atoms with Crippen molar-refractivity contribution in [1.29, 1.82) is 0 Å². The van der Waals surface area contributed by atoms with Gasteiger partial charge < -0.3 is 14.3 Å². The highest BCUT2D eigenvalue weighted by Gasteiger charge is 2.46. The first-order chi connectivity index (χ1) is 9.39. The first kappa shape index (κ1) is 15.3. The average Bonchev–Trinajstić information content (AvgIpc) is 3.08. The highest BCUT2D eigenvalue weighted by atomic mass is 35.5. The maximum absolute atomic E-state index is 12.6. The lowest BCUT2D eigenvalue weighted by Gasteiger charge is -2.27. The van der Waals surface area contributed by atoms with E-state index in [-0.39, 0.29) is 22.8 Å². The first-order valence-electron chi connectivity index (χ1n) is 5.88. The molecule has 20 heavy (non-hydrogen) atoms. The number of hydrogen-bond acceptors (Lipinski definition) is 5. The van der Waals surface area contributed by atoms with Crippen molar-refractivity contribution in [3.63, 3.8) is 0 Å². The van der Waals surface area contributed by atoms with E-state index in [4.69, 9.17) is 20.8 Å². The Bertz CT molecular complexity index is 594. The molecule has 1 unspecified atom stereocenters. The van der Waals surface area contributed by atoms with Crippen molar-refractivity contribution in [2.45, 2.75) is 29.8 Å². The topological polar surface area (TPSA) is 97.0 Å². The molecule has 0 spiro atoms. The molecule has 0 amide bonds. The molecule has 1 heterocycles. The lowest BCUT2D eigenvalue weighted by atomic mass is 10.3. The van der Waals surface area contributed by atoms with Crippen molar-refractivity contribution < 1.29 is 27.5 Å². The Morgan fingerprint density at radius 2 is 2.30 bits per heavy atom. The normalized spacial score (nSPS) is 17.4. The molecule has 0 saturated heterocycles. The minimum atomic E-state index is -4.04. The fraction of sp³-hybridized carbons (Fsp3) is 0.545. The van der Waals surface area contributed by atoms with Gasteiger partial charge in [-0.05, 0) is 30.5 Å². The molecule has 0 aromatic carbocycles. The molecule has 2 rings (SSSR count). The molecule has 1 atom stereocenters. The summed E-state index contributed by atoms with van der Waals surface area (Å²) in [6, 6.07) is -0.427. The Kier molecular flexibility index (Phi) is 4.38. The summed E-state index contributed by atoms with van der Waals surface area (Å²) >= 11 is 5.70. The number of halogens is 1. The predicted octanol–water partition coefficient (Wildman–Crippen LogP) is 1.19. The van der Waals surface area contributed by atoms with Crippen molar-refractivity contribution in [3.8, 4) is 0 Å². The van der Waals surface area contributed by atoms with Gasteiger partial charge >= 0.3 is 5.97 Å². The fourth-order valence-electron chi connectivity index (χ4n) is 1.94. The van der Waals surface area contributed by atoms with Gasteiger partial charge in [-0.2, -0.15) is 4.31 Å². The van der Waals surface area contributed by atoms with Crippen LogP contribution in [0.3, 0.4) is 0 Å². The van der Waals surface area contributed by atoms with Crippen LogP contribution in [0.1, 0.15) is 12.8 Å². The van der Waals surface area contributed by atoms with E-state index in [1.165, 1.54) is 13.2 Å². The Hall–Kier alpha value is -1.09. The van der Waals surface area contributed by atoms with Crippen LogP contribution in [0.25, 0.3) is 0 Å². The molecule has 112 valence electrons. The van der Waals surface area contributed by atoms with Gasteiger partial charge in [0.15, 0.2) is 0 Å². The molecule has 1 aromatic rings. The van der Waals surface area contributed by atoms with Gasteiger partial charge in [0, 0.05) is 13.2 Å². The maximum Gasteiger partial charge on any atom is 0.324 e. The highest BCUT2D eigenvalue weighted by Crippen LogP contribution is 2.36. The van der Waals surface area contributed by atoms with Gasteiger partial charge in [0.25, 0.3) is 0 Å². The van der Waals surface area contributed by atoms with Crippen LogP contribution in [0.4, 0.5) is 0 Å². The molecule has 0 radical (unpaired) electrons. The summed E-state index contributed by atoms with van der Waals surface area (Å²) in [5, 5.41) is 8.96. The molecule has 1 fully saturated rings. The molecule has 0 aliphatic heterocycles. The van der Waals surface area contributed by atoms with Crippen molar-refractivity contribution in [2.24, 2.45) is 0 Å². The third-order valence-electron chi connectivity index (χ3n) is 2.96. The zero-order chi connectivity index (χ0) is 14.9. The molecule has 7 nitrogen and oxygen atoms in total. The van der Waals surface area contributed by atoms with Crippen LogP contribution in [0.5, 0.6) is 0 Å². The van der Waals surface area contributed by atoms with E-state index in [0.29, 0.717) is 12.8 Å². The summed E-state index contributed by atoms with van der Waals surface area (Å²) in [5.41, 5.74) is 0. The SMILES string of the molecule is COCC(C(=O)O)N(C1CC1)S(=O)(=O)c1ccoc1Cl. The maximum atomic E-state index is 12.6. The smallest absolute Gasteiger partial charge is 0.324 e. The second-order valence-corrected chi connectivity index (χ2v) is 6.59. The molecule has 9 heteroatoms. The standard InChI is InChI=1S/C11H14ClNO6S/c1-18-6-8(11(14)15)13(7-2-3-7)20(16,17)9-4-5-19-10(9)12/h4-5,7-8H,2-3,6H2,1H3,(H,14,15). The highest BCUT2D eigenvalue weighted by molar-refractivity contribution is 7.89. The number of furan rings is 1. The van der Waals surface area contributed by atoms with Crippen LogP contribution in [-0.4, -0.2) is 49.6 Å². The minimum Gasteiger partial charge on any atom is -0.480 e. The van der Waals surface area contributed by atoms with Crippen LogP contribution in [0, 0.1) is 0 Å². The second kappa shape index (κ2) is 5.72. The number of rotatable bonds is 7. The van der Waals surface area contributed by atoms with Gasteiger partial charge in [0.2, 0.25) is 15.2 Å². The van der Waals surface area contributed by atoms with Gasteiger partial charge in [-0.3, -0.25) is 4.79 Å². The fourth-order valence-corrected chi connectivity index (χ4v) is 4.14. The number of hydrogen-bond donors (Lipinski definition) is 1. The Morgan fingerprint density at radius 1 is 1.65 bits per heavy atom. The number of sulfonamides is 1. The minimum absolute atomic E-state index is 0.228. The van der Waals surface area contributed by atoms with Gasteiger partial charge in [0.1, 0.15) is 10.9 Å². The largest absolute Gasteiger partial charge is 0.480 e. The summed E-state index contributed by atoms with van der Waals surface area (Å²) in [5.74, 6) is -1.26. The lowest BCUT2D eigenvalue weighted by Crippen LogP contribution is -2.48. The number of carbonyl (C=O) groups is 1. The van der Waals surface area contributed by atoms with E-state index >= 15 is 0 Å². The number of methoxy groups -OCH3 is 1. The number of nitrogens with zero attached hydrogens (tertiary/aromatic N) is 1. The van der Waals surface area contributed by atoms with E-state index in [0.717, 1.165) is 10.6 Å². The van der Waals surface area contributed by atoms with Crippen LogP contribution < -0.4 is 0 Å². The van der Waals surface area contributed by atoms with Gasteiger partial charge in [-0.25, -0.2) is 8.42 Å². The first-order valence-corrected chi connectivity index (χ1v) is 7.69. The molecule has 1 aliphatic carbocycles. The zero-order valence-electron chi connectivity index (χ0n) is 10.7. The number of aliphatic carboxylic acids is 1. The molecule has 1 aromatic heterocycles. The summed E-state index contributed by atoms with van der Waals surface area (Å²) < 4.78 is 35.7. The van der Waals surface area contributed by atoms with Crippen molar-refractivity contribution >= 4 is 27.6 Å². The predicted molar refractivity (Wildman–Crippen MR) is 69.1 cm³/mol. The van der Waals surface area contributed by atoms with Crippen molar-refractivity contribution in [3.05, 3.63) is 17.5 Å². The van der Waals surface area contributed by atoms with Gasteiger partial charge in [0.05, 0.1) is 12.9 Å². The quantitative estimate of drug-likeness (QED) is 0.809. The van der Waals surface area contributed by atoms with Crippen LogP contribution in [0.2, 0.25) is 5.22 Å². The summed E-state index contributed by atoms with van der Waals surface area (Å²) in [6.45, 7) is -0.236. The zero-order valence-corrected chi connectivity index (χ0v) is 12.2. The van der Waals surface area contributed by atoms with Crippen LogP contribution >= 0.6 is 11.6 Å². The Balaban J connectivity index is 2.42. The van der Waals surface area contributed by atoms with Gasteiger partial charge in [-0.15, -0.1) is 0 Å².